The van der Waals surface area contributed by atoms with Gasteiger partial charge in [0.05, 0.1) is 31.3 Å². The molecular formula is C27H27N3O4. The lowest BCUT2D eigenvalue weighted by molar-refractivity contribution is 0.0951. The summed E-state index contributed by atoms with van der Waals surface area (Å²) in [6, 6.07) is 20.6. The fourth-order valence-corrected chi connectivity index (χ4v) is 3.82. The van der Waals surface area contributed by atoms with Crippen LogP contribution in [-0.2, 0) is 13.1 Å². The van der Waals surface area contributed by atoms with Gasteiger partial charge in [-0.05, 0) is 55.3 Å². The Morgan fingerprint density at radius 2 is 1.79 bits per heavy atom. The average molecular weight is 458 g/mol. The Morgan fingerprint density at radius 1 is 1.00 bits per heavy atom. The van der Waals surface area contributed by atoms with Gasteiger partial charge in [-0.1, -0.05) is 36.4 Å². The molecule has 0 atom stereocenters. The second kappa shape index (κ2) is 10.2. The van der Waals surface area contributed by atoms with E-state index in [-0.39, 0.29) is 11.5 Å². The minimum atomic E-state index is -0.226. The van der Waals surface area contributed by atoms with Crippen LogP contribution < -0.4 is 20.3 Å². The van der Waals surface area contributed by atoms with Crippen molar-refractivity contribution in [2.75, 3.05) is 13.7 Å². The van der Waals surface area contributed by atoms with Crippen LogP contribution in [0.4, 0.5) is 0 Å². The molecule has 0 radical (unpaired) electrons. The van der Waals surface area contributed by atoms with Gasteiger partial charge < -0.3 is 19.4 Å². The second-order valence-electron chi connectivity index (χ2n) is 7.88. The largest absolute Gasteiger partial charge is 0.493 e. The number of amides is 1. The fourth-order valence-electron chi connectivity index (χ4n) is 3.82. The Hall–Kier alpha value is -4.13. The van der Waals surface area contributed by atoms with Gasteiger partial charge in [-0.3, -0.25) is 9.59 Å². The van der Waals surface area contributed by atoms with Crippen molar-refractivity contribution in [1.82, 2.24) is 14.9 Å². The summed E-state index contributed by atoms with van der Waals surface area (Å²) in [5.41, 5.74) is 3.92. The number of nitrogens with zero attached hydrogens (tertiary/aromatic N) is 2. The summed E-state index contributed by atoms with van der Waals surface area (Å²) in [6.07, 6.45) is 0. The summed E-state index contributed by atoms with van der Waals surface area (Å²) in [7, 11) is 1.59. The number of benzene rings is 3. The van der Waals surface area contributed by atoms with Gasteiger partial charge in [0.15, 0.2) is 11.5 Å². The number of hydrogen-bond acceptors (Lipinski definition) is 5. The van der Waals surface area contributed by atoms with Gasteiger partial charge in [0.25, 0.3) is 11.5 Å². The normalized spacial score (nSPS) is 10.8. The fraction of sp³-hybridized carbons (Fsp3) is 0.222. The lowest BCUT2D eigenvalue weighted by Gasteiger charge is -2.13. The molecule has 1 amide bonds. The van der Waals surface area contributed by atoms with E-state index in [1.807, 2.05) is 55.5 Å². The van der Waals surface area contributed by atoms with Crippen molar-refractivity contribution >= 4 is 16.9 Å². The third-order valence-corrected chi connectivity index (χ3v) is 5.54. The van der Waals surface area contributed by atoms with Gasteiger partial charge >= 0.3 is 0 Å². The molecule has 0 fully saturated rings. The van der Waals surface area contributed by atoms with Crippen LogP contribution in [0.15, 0.2) is 71.5 Å². The highest BCUT2D eigenvalue weighted by molar-refractivity contribution is 5.97. The van der Waals surface area contributed by atoms with Crippen LogP contribution in [0.3, 0.4) is 0 Å². The highest BCUT2D eigenvalue weighted by Gasteiger charge is 2.13. The van der Waals surface area contributed by atoms with Crippen LogP contribution in [0.1, 0.15) is 34.1 Å². The van der Waals surface area contributed by atoms with E-state index >= 15 is 0 Å². The van der Waals surface area contributed by atoms with E-state index in [1.54, 1.807) is 36.8 Å². The minimum Gasteiger partial charge on any atom is -0.493 e. The van der Waals surface area contributed by atoms with E-state index in [9.17, 15) is 9.59 Å². The SMILES string of the molecule is CCOc1cc(CNC(=O)c2ccc3c(c2)nc(C)c(=O)n3Cc2ccccc2)ccc1OC. The van der Waals surface area contributed by atoms with E-state index in [2.05, 4.69) is 10.3 Å². The van der Waals surface area contributed by atoms with Crippen molar-refractivity contribution < 1.29 is 14.3 Å². The molecule has 0 bridgehead atoms. The maximum atomic E-state index is 12.9. The number of nitrogens with one attached hydrogen (secondary N) is 1. The van der Waals surface area contributed by atoms with Crippen LogP contribution in [0.25, 0.3) is 11.0 Å². The monoisotopic (exact) mass is 457 g/mol. The molecule has 174 valence electrons. The first-order valence-electron chi connectivity index (χ1n) is 11.1. The Bertz CT molecular complexity index is 1380. The molecule has 1 heterocycles. The molecule has 0 aliphatic carbocycles. The van der Waals surface area contributed by atoms with Crippen molar-refractivity contribution in [3.63, 3.8) is 0 Å². The van der Waals surface area contributed by atoms with E-state index in [0.717, 1.165) is 11.1 Å². The number of methoxy groups -OCH3 is 1. The van der Waals surface area contributed by atoms with Crippen molar-refractivity contribution in [3.05, 3.63) is 99.5 Å². The molecule has 0 saturated heterocycles. The number of aryl methyl sites for hydroxylation is 1. The minimum absolute atomic E-state index is 0.141. The number of fused-ring (bicyclic) bond motifs is 1. The van der Waals surface area contributed by atoms with Crippen LogP contribution in [0.5, 0.6) is 11.5 Å². The summed E-state index contributed by atoms with van der Waals surface area (Å²) >= 11 is 0. The first-order valence-corrected chi connectivity index (χ1v) is 11.1. The van der Waals surface area contributed by atoms with Gasteiger partial charge in [0, 0.05) is 12.1 Å². The summed E-state index contributed by atoms with van der Waals surface area (Å²) < 4.78 is 12.6. The highest BCUT2D eigenvalue weighted by atomic mass is 16.5. The molecule has 0 aliphatic rings. The summed E-state index contributed by atoms with van der Waals surface area (Å²) in [6.45, 7) is 4.88. The number of carbonyl (C=O) groups is 1. The Morgan fingerprint density at radius 3 is 2.53 bits per heavy atom. The van der Waals surface area contributed by atoms with E-state index in [4.69, 9.17) is 9.47 Å². The zero-order valence-corrected chi connectivity index (χ0v) is 19.5. The quantitative estimate of drug-likeness (QED) is 0.431. The molecule has 4 rings (SSSR count). The third-order valence-electron chi connectivity index (χ3n) is 5.54. The first kappa shape index (κ1) is 23.0. The maximum Gasteiger partial charge on any atom is 0.272 e. The zero-order chi connectivity index (χ0) is 24.1. The van der Waals surface area contributed by atoms with Gasteiger partial charge in [0.1, 0.15) is 5.69 Å². The summed E-state index contributed by atoms with van der Waals surface area (Å²) in [5, 5.41) is 2.94. The second-order valence-corrected chi connectivity index (χ2v) is 7.88. The van der Waals surface area contributed by atoms with Crippen molar-refractivity contribution in [2.24, 2.45) is 0 Å². The van der Waals surface area contributed by atoms with Crippen LogP contribution in [0, 0.1) is 6.92 Å². The zero-order valence-electron chi connectivity index (χ0n) is 19.5. The van der Waals surface area contributed by atoms with Crippen LogP contribution in [-0.4, -0.2) is 29.2 Å². The van der Waals surface area contributed by atoms with E-state index in [1.165, 1.54) is 0 Å². The molecular weight excluding hydrogens is 430 g/mol. The van der Waals surface area contributed by atoms with Crippen LogP contribution >= 0.6 is 0 Å². The molecule has 0 unspecified atom stereocenters. The topological polar surface area (TPSA) is 82.5 Å². The van der Waals surface area contributed by atoms with Gasteiger partial charge in [-0.15, -0.1) is 0 Å². The van der Waals surface area contributed by atoms with Gasteiger partial charge in [-0.25, -0.2) is 4.98 Å². The summed E-state index contributed by atoms with van der Waals surface area (Å²) in [5.74, 6) is 1.06. The maximum absolute atomic E-state index is 12.9. The van der Waals surface area contributed by atoms with Gasteiger partial charge in [0.2, 0.25) is 0 Å². The van der Waals surface area contributed by atoms with Crippen molar-refractivity contribution in [3.8, 4) is 11.5 Å². The smallest absolute Gasteiger partial charge is 0.272 e. The molecule has 0 saturated carbocycles. The molecule has 3 aromatic carbocycles. The standard InChI is InChI=1S/C27H27N3O4/c1-4-34-25-14-20(10-13-24(25)33-3)16-28-26(31)21-11-12-23-22(15-21)29-18(2)27(32)30(23)17-19-8-6-5-7-9-19/h5-15H,4,16-17H2,1-3H3,(H,28,31). The number of carbonyl (C=O) groups excluding carboxylic acids is 1. The lowest BCUT2D eigenvalue weighted by atomic mass is 10.1. The lowest BCUT2D eigenvalue weighted by Crippen LogP contribution is -2.25. The number of rotatable bonds is 8. The Kier molecular flexibility index (Phi) is 6.92. The van der Waals surface area contributed by atoms with Gasteiger partial charge in [-0.2, -0.15) is 0 Å². The molecule has 4 aromatic rings. The van der Waals surface area contributed by atoms with E-state index in [0.29, 0.717) is 53.5 Å². The predicted molar refractivity (Wildman–Crippen MR) is 132 cm³/mol. The molecule has 34 heavy (non-hydrogen) atoms. The number of hydrogen-bond donors (Lipinski definition) is 1. The Labute approximate surface area is 198 Å². The highest BCUT2D eigenvalue weighted by Crippen LogP contribution is 2.28. The Balaban J connectivity index is 1.57. The molecule has 0 aliphatic heterocycles. The molecule has 7 heteroatoms. The molecule has 7 nitrogen and oxygen atoms in total. The van der Waals surface area contributed by atoms with Crippen molar-refractivity contribution in [2.45, 2.75) is 26.9 Å². The predicted octanol–water partition coefficient (Wildman–Crippen LogP) is 4.09. The molecule has 0 spiro atoms. The average Bonchev–Trinajstić information content (AvgIpc) is 2.86. The van der Waals surface area contributed by atoms with E-state index < -0.39 is 0 Å². The number of ether oxygens (including phenoxy) is 2. The first-order chi connectivity index (χ1) is 16.5. The summed E-state index contributed by atoms with van der Waals surface area (Å²) in [4.78, 5) is 30.1. The van der Waals surface area contributed by atoms with Crippen molar-refractivity contribution in [1.29, 1.82) is 0 Å². The number of aromatic nitrogens is 2. The third kappa shape index (κ3) is 4.93. The molecule has 1 aromatic heterocycles. The molecule has 1 N–H and O–H groups in total. The van der Waals surface area contributed by atoms with Crippen LogP contribution in [0.2, 0.25) is 0 Å².